The number of nitrogens with one attached hydrogen (secondary N) is 1. The maximum absolute atomic E-state index is 5.92. The summed E-state index contributed by atoms with van der Waals surface area (Å²) >= 11 is 0. The Morgan fingerprint density at radius 1 is 0.867 bits per heavy atom. The number of fused-ring (bicyclic) bond motifs is 1. The van der Waals surface area contributed by atoms with Crippen molar-refractivity contribution in [2.75, 3.05) is 5.73 Å². The summed E-state index contributed by atoms with van der Waals surface area (Å²) in [4.78, 5) is 7.34. The van der Waals surface area contributed by atoms with E-state index in [1.165, 1.54) is 27.6 Å². The van der Waals surface area contributed by atoms with Gasteiger partial charge in [-0.05, 0) is 65.3 Å². The molecule has 0 saturated carbocycles. The molecule has 0 atom stereocenters. The molecule has 0 radical (unpaired) electrons. The van der Waals surface area contributed by atoms with Crippen LogP contribution in [-0.4, -0.2) is 15.1 Å². The van der Waals surface area contributed by atoms with Crippen LogP contribution in [-0.2, 0) is 19.3 Å². The zero-order valence-electron chi connectivity index (χ0n) is 16.5. The van der Waals surface area contributed by atoms with Gasteiger partial charge in [0.2, 0.25) is 0 Å². The van der Waals surface area contributed by atoms with Crippen molar-refractivity contribution in [1.82, 2.24) is 15.1 Å². The van der Waals surface area contributed by atoms with Crippen LogP contribution in [0.3, 0.4) is 0 Å². The summed E-state index contributed by atoms with van der Waals surface area (Å²) in [5.41, 5.74) is 12.6. The van der Waals surface area contributed by atoms with Gasteiger partial charge < -0.3 is 15.2 Å². The number of nitrogens with two attached hydrogens (primary N) is 1. The quantitative estimate of drug-likeness (QED) is 0.416. The molecule has 148 valence electrons. The minimum Gasteiger partial charge on any atom is -0.383 e. The van der Waals surface area contributed by atoms with Gasteiger partial charge in [0.25, 0.3) is 0 Å². The van der Waals surface area contributed by atoms with Crippen LogP contribution in [0, 0.1) is 0 Å². The van der Waals surface area contributed by atoms with Gasteiger partial charge in [-0.3, -0.25) is 0 Å². The Bertz CT molecular complexity index is 1280. The van der Waals surface area contributed by atoms with Crippen LogP contribution in [0.4, 0.5) is 5.82 Å². The van der Waals surface area contributed by atoms with Gasteiger partial charge in [0.05, 0.1) is 11.3 Å². The van der Waals surface area contributed by atoms with E-state index in [1.807, 2.05) is 24.4 Å². The predicted octanol–water partition coefficient (Wildman–Crippen LogP) is 5.18. The number of anilines is 1. The molecule has 0 fully saturated rings. The van der Waals surface area contributed by atoms with Crippen LogP contribution >= 0.6 is 0 Å². The monoisotopic (exact) mass is 394 g/mol. The maximum Gasteiger partial charge on any atom is 0.170 e. The smallest absolute Gasteiger partial charge is 0.170 e. The second kappa shape index (κ2) is 7.87. The van der Waals surface area contributed by atoms with Gasteiger partial charge in [-0.25, -0.2) is 4.98 Å². The summed E-state index contributed by atoms with van der Waals surface area (Å²) in [5.74, 6) is 1.09. The second-order valence-corrected chi connectivity index (χ2v) is 7.51. The first-order valence-corrected chi connectivity index (χ1v) is 10.0. The molecular formula is C25H22N4O. The molecule has 5 aromatic rings. The highest BCUT2D eigenvalue weighted by Gasteiger charge is 2.10. The second-order valence-electron chi connectivity index (χ2n) is 7.51. The Labute approximate surface area is 174 Å². The fraction of sp³-hybridized carbons (Fsp3) is 0.120. The minimum atomic E-state index is 0.445. The van der Waals surface area contributed by atoms with Crippen LogP contribution in [0.5, 0.6) is 0 Å². The summed E-state index contributed by atoms with van der Waals surface area (Å²) in [5, 5.41) is 5.45. The van der Waals surface area contributed by atoms with Crippen LogP contribution in [0.2, 0.25) is 0 Å². The molecule has 5 rings (SSSR count). The molecule has 3 N–H and O–H groups in total. The molecule has 30 heavy (non-hydrogen) atoms. The van der Waals surface area contributed by atoms with Crippen molar-refractivity contribution >= 4 is 16.7 Å². The molecule has 0 unspecified atom stereocenters. The lowest BCUT2D eigenvalue weighted by Gasteiger charge is -2.04. The number of rotatable bonds is 6. The molecule has 0 bridgehead atoms. The van der Waals surface area contributed by atoms with E-state index in [1.54, 1.807) is 6.20 Å². The number of nitrogens with zero attached hydrogens (tertiary/aromatic N) is 2. The molecule has 0 saturated heterocycles. The topological polar surface area (TPSA) is 80.7 Å². The highest BCUT2D eigenvalue weighted by molar-refractivity contribution is 5.79. The molecule has 0 aliphatic carbocycles. The summed E-state index contributed by atoms with van der Waals surface area (Å²) < 4.78 is 5.47. The van der Waals surface area contributed by atoms with E-state index in [2.05, 4.69) is 63.7 Å². The number of aromatic nitrogens is 3. The van der Waals surface area contributed by atoms with Crippen molar-refractivity contribution in [1.29, 1.82) is 0 Å². The molecule has 5 heteroatoms. The van der Waals surface area contributed by atoms with E-state index in [0.29, 0.717) is 18.0 Å². The van der Waals surface area contributed by atoms with Gasteiger partial charge in [-0.15, -0.1) is 0 Å². The van der Waals surface area contributed by atoms with Crippen molar-refractivity contribution in [3.63, 3.8) is 0 Å². The van der Waals surface area contributed by atoms with Crippen LogP contribution in [0.15, 0.2) is 83.6 Å². The van der Waals surface area contributed by atoms with Crippen molar-refractivity contribution in [3.05, 3.63) is 102 Å². The highest BCUT2D eigenvalue weighted by atomic mass is 16.5. The average molecular weight is 394 g/mol. The fourth-order valence-corrected chi connectivity index (χ4v) is 3.73. The summed E-state index contributed by atoms with van der Waals surface area (Å²) in [6, 6.07) is 23.1. The maximum atomic E-state index is 5.92. The highest BCUT2D eigenvalue weighted by Crippen LogP contribution is 2.25. The van der Waals surface area contributed by atoms with Crippen LogP contribution in [0.25, 0.3) is 22.2 Å². The van der Waals surface area contributed by atoms with Crippen molar-refractivity contribution in [2.45, 2.75) is 19.3 Å². The summed E-state index contributed by atoms with van der Waals surface area (Å²) in [7, 11) is 0. The van der Waals surface area contributed by atoms with Gasteiger partial charge in [0.15, 0.2) is 5.76 Å². The van der Waals surface area contributed by atoms with Gasteiger partial charge in [0.1, 0.15) is 5.82 Å². The van der Waals surface area contributed by atoms with Gasteiger partial charge in [-0.2, -0.15) is 0 Å². The Hall–Kier alpha value is -3.86. The van der Waals surface area contributed by atoms with E-state index in [0.717, 1.165) is 24.1 Å². The number of nitrogen functional groups attached to an aromatic ring is 1. The molecule has 0 amide bonds. The number of aryl methyl sites for hydroxylation is 2. The van der Waals surface area contributed by atoms with Gasteiger partial charge >= 0.3 is 0 Å². The van der Waals surface area contributed by atoms with E-state index in [4.69, 9.17) is 10.3 Å². The third-order valence-corrected chi connectivity index (χ3v) is 5.39. The number of hydrogen-bond acceptors (Lipinski definition) is 4. The predicted molar refractivity (Wildman–Crippen MR) is 119 cm³/mol. The third-order valence-electron chi connectivity index (χ3n) is 5.39. The molecular weight excluding hydrogens is 372 g/mol. The molecule has 3 heterocycles. The van der Waals surface area contributed by atoms with Crippen molar-refractivity contribution in [2.24, 2.45) is 0 Å². The Balaban J connectivity index is 1.22. The standard InChI is InChI=1S/C25H22N4O/c26-25-22(2-1-12-28-25)24-16-21(29-30-24)15-19-7-4-17(5-8-19)3-6-18-9-10-23-20(14-18)11-13-27-23/h1-2,4-5,7-14,16,27H,3,6,15H2,(H2,26,28). The molecule has 0 aliphatic heterocycles. The zero-order valence-corrected chi connectivity index (χ0v) is 16.5. The number of H-pyrrole nitrogens is 1. The first-order valence-electron chi connectivity index (χ1n) is 10.0. The summed E-state index contributed by atoms with van der Waals surface area (Å²) in [6.07, 6.45) is 6.41. The van der Waals surface area contributed by atoms with E-state index >= 15 is 0 Å². The lowest BCUT2D eigenvalue weighted by atomic mass is 10.0. The van der Waals surface area contributed by atoms with E-state index in [-0.39, 0.29) is 0 Å². The molecule has 3 aromatic heterocycles. The minimum absolute atomic E-state index is 0.445. The zero-order chi connectivity index (χ0) is 20.3. The van der Waals surface area contributed by atoms with Gasteiger partial charge in [-0.1, -0.05) is 35.5 Å². The van der Waals surface area contributed by atoms with Crippen LogP contribution < -0.4 is 5.73 Å². The van der Waals surface area contributed by atoms with E-state index in [9.17, 15) is 0 Å². The number of benzene rings is 2. The van der Waals surface area contributed by atoms with Crippen molar-refractivity contribution in [3.8, 4) is 11.3 Å². The average Bonchev–Trinajstić information content (AvgIpc) is 3.43. The molecule has 5 nitrogen and oxygen atoms in total. The lowest BCUT2D eigenvalue weighted by molar-refractivity contribution is 0.425. The first kappa shape index (κ1) is 18.2. The largest absolute Gasteiger partial charge is 0.383 e. The van der Waals surface area contributed by atoms with E-state index < -0.39 is 0 Å². The van der Waals surface area contributed by atoms with Gasteiger partial charge in [0, 0.05) is 30.4 Å². The SMILES string of the molecule is Nc1ncccc1-c1cc(Cc2ccc(CCc3ccc4[nH]ccc4c3)cc2)no1. The Kier molecular flexibility index (Phi) is 4.77. The lowest BCUT2D eigenvalue weighted by Crippen LogP contribution is -1.93. The Morgan fingerprint density at radius 2 is 1.67 bits per heavy atom. The molecule has 2 aromatic carbocycles. The normalized spacial score (nSPS) is 11.2. The number of aromatic amines is 1. The molecule has 0 aliphatic rings. The van der Waals surface area contributed by atoms with Crippen molar-refractivity contribution < 1.29 is 4.52 Å². The fourth-order valence-electron chi connectivity index (χ4n) is 3.73. The first-order chi connectivity index (χ1) is 14.7. The summed E-state index contributed by atoms with van der Waals surface area (Å²) in [6.45, 7) is 0. The Morgan fingerprint density at radius 3 is 2.53 bits per heavy atom. The number of pyridine rings is 1. The number of hydrogen-bond donors (Lipinski definition) is 2. The third kappa shape index (κ3) is 3.82. The van der Waals surface area contributed by atoms with Crippen LogP contribution in [0.1, 0.15) is 22.4 Å². The molecule has 0 spiro atoms.